The number of rotatable bonds is 3. The SMILES string of the molecule is O=C(Cn1ncc(Cl)c(Cl)c1=O)Nc1ccc(Br)cc1F. The van der Waals surface area contributed by atoms with Gasteiger partial charge in [0.05, 0.1) is 16.9 Å². The summed E-state index contributed by atoms with van der Waals surface area (Å²) in [5.41, 5.74) is -0.702. The molecule has 21 heavy (non-hydrogen) atoms. The van der Waals surface area contributed by atoms with Crippen molar-refractivity contribution < 1.29 is 9.18 Å². The van der Waals surface area contributed by atoms with Crippen molar-refractivity contribution >= 4 is 50.7 Å². The maximum absolute atomic E-state index is 13.6. The third-order valence-electron chi connectivity index (χ3n) is 2.44. The molecule has 0 fully saturated rings. The molecule has 1 amide bonds. The minimum absolute atomic E-state index is 0.00252. The molecule has 0 spiro atoms. The van der Waals surface area contributed by atoms with Crippen molar-refractivity contribution in [3.63, 3.8) is 0 Å². The van der Waals surface area contributed by atoms with Crippen LogP contribution in [0.5, 0.6) is 0 Å². The molecular weight excluding hydrogens is 388 g/mol. The predicted octanol–water partition coefficient (Wildman–Crippen LogP) is 3.09. The lowest BCUT2D eigenvalue weighted by Gasteiger charge is -2.08. The van der Waals surface area contributed by atoms with Crippen LogP contribution in [0.15, 0.2) is 33.7 Å². The summed E-state index contributed by atoms with van der Waals surface area (Å²) in [6, 6.07) is 4.17. The molecule has 0 bridgehead atoms. The Balaban J connectivity index is 2.16. The Kier molecular flexibility index (Phi) is 4.97. The van der Waals surface area contributed by atoms with Crippen molar-refractivity contribution in [3.05, 3.63) is 55.1 Å². The summed E-state index contributed by atoms with van der Waals surface area (Å²) in [5, 5.41) is 5.79. The molecule has 1 aromatic heterocycles. The lowest BCUT2D eigenvalue weighted by molar-refractivity contribution is -0.117. The van der Waals surface area contributed by atoms with Crippen molar-refractivity contribution in [1.82, 2.24) is 9.78 Å². The fraction of sp³-hybridized carbons (Fsp3) is 0.0833. The Hall–Kier alpha value is -1.44. The van der Waals surface area contributed by atoms with Crippen LogP contribution >= 0.6 is 39.1 Å². The fourth-order valence-electron chi connectivity index (χ4n) is 1.47. The highest BCUT2D eigenvalue weighted by atomic mass is 79.9. The minimum Gasteiger partial charge on any atom is -0.322 e. The standard InChI is InChI=1S/C12H7BrCl2FN3O2/c13-6-1-2-9(8(16)3-6)18-10(20)5-19-12(21)11(15)7(14)4-17-19/h1-4H,5H2,(H,18,20). The van der Waals surface area contributed by atoms with Gasteiger partial charge < -0.3 is 5.32 Å². The minimum atomic E-state index is -0.699. The maximum Gasteiger partial charge on any atom is 0.287 e. The van der Waals surface area contributed by atoms with Crippen LogP contribution in [-0.2, 0) is 11.3 Å². The van der Waals surface area contributed by atoms with E-state index in [1.54, 1.807) is 6.07 Å². The van der Waals surface area contributed by atoms with Crippen LogP contribution in [-0.4, -0.2) is 15.7 Å². The molecule has 2 aromatic rings. The summed E-state index contributed by atoms with van der Waals surface area (Å²) in [5.74, 6) is -1.23. The number of nitrogens with zero attached hydrogens (tertiary/aromatic N) is 2. The summed E-state index contributed by atoms with van der Waals surface area (Å²) in [7, 11) is 0. The molecule has 0 atom stereocenters. The second-order valence-electron chi connectivity index (χ2n) is 3.94. The molecule has 1 N–H and O–H groups in total. The zero-order chi connectivity index (χ0) is 15.6. The van der Waals surface area contributed by atoms with Gasteiger partial charge in [-0.3, -0.25) is 9.59 Å². The number of carbonyl (C=O) groups excluding carboxylic acids is 1. The van der Waals surface area contributed by atoms with Gasteiger partial charge in [-0.1, -0.05) is 39.1 Å². The first kappa shape index (κ1) is 15.9. The van der Waals surface area contributed by atoms with Crippen molar-refractivity contribution in [1.29, 1.82) is 0 Å². The molecule has 1 aromatic carbocycles. The van der Waals surface area contributed by atoms with Gasteiger partial charge in [0.25, 0.3) is 5.56 Å². The van der Waals surface area contributed by atoms with E-state index in [4.69, 9.17) is 23.2 Å². The van der Waals surface area contributed by atoms with E-state index in [9.17, 15) is 14.0 Å². The van der Waals surface area contributed by atoms with E-state index in [2.05, 4.69) is 26.3 Å². The highest BCUT2D eigenvalue weighted by molar-refractivity contribution is 9.10. The number of benzene rings is 1. The van der Waals surface area contributed by atoms with E-state index >= 15 is 0 Å². The zero-order valence-corrected chi connectivity index (χ0v) is 13.3. The largest absolute Gasteiger partial charge is 0.322 e. The second kappa shape index (κ2) is 6.55. The van der Waals surface area contributed by atoms with Gasteiger partial charge in [-0.25, -0.2) is 9.07 Å². The highest BCUT2D eigenvalue weighted by Crippen LogP contribution is 2.19. The average molecular weight is 395 g/mol. The summed E-state index contributed by atoms with van der Waals surface area (Å²) in [4.78, 5) is 23.5. The molecular formula is C12H7BrCl2FN3O2. The highest BCUT2D eigenvalue weighted by Gasteiger charge is 2.12. The maximum atomic E-state index is 13.6. The Morgan fingerprint density at radius 3 is 2.81 bits per heavy atom. The van der Waals surface area contributed by atoms with E-state index in [1.807, 2.05) is 0 Å². The van der Waals surface area contributed by atoms with Gasteiger partial charge in [0.1, 0.15) is 17.4 Å². The number of nitrogens with one attached hydrogen (secondary N) is 1. The van der Waals surface area contributed by atoms with Gasteiger partial charge in [-0.2, -0.15) is 5.10 Å². The van der Waals surface area contributed by atoms with Crippen LogP contribution in [0.1, 0.15) is 0 Å². The lowest BCUT2D eigenvalue weighted by Crippen LogP contribution is -2.30. The first-order valence-electron chi connectivity index (χ1n) is 5.54. The number of aromatic nitrogens is 2. The molecule has 2 rings (SSSR count). The molecule has 1 heterocycles. The van der Waals surface area contributed by atoms with Crippen molar-refractivity contribution in [2.75, 3.05) is 5.32 Å². The Labute approximate surface area is 136 Å². The first-order valence-corrected chi connectivity index (χ1v) is 7.09. The topological polar surface area (TPSA) is 64.0 Å². The third kappa shape index (κ3) is 3.81. The molecule has 0 saturated heterocycles. The molecule has 0 aliphatic carbocycles. The van der Waals surface area contributed by atoms with E-state index in [1.165, 1.54) is 12.1 Å². The molecule has 5 nitrogen and oxygen atoms in total. The van der Waals surface area contributed by atoms with Crippen LogP contribution in [0.4, 0.5) is 10.1 Å². The van der Waals surface area contributed by atoms with Crippen molar-refractivity contribution in [2.45, 2.75) is 6.54 Å². The Morgan fingerprint density at radius 2 is 2.14 bits per heavy atom. The normalized spacial score (nSPS) is 10.5. The quantitative estimate of drug-likeness (QED) is 0.869. The summed E-state index contributed by atoms with van der Waals surface area (Å²) >= 11 is 14.4. The smallest absolute Gasteiger partial charge is 0.287 e. The molecule has 9 heteroatoms. The van der Waals surface area contributed by atoms with Crippen LogP contribution in [0, 0.1) is 5.82 Å². The van der Waals surface area contributed by atoms with Crippen LogP contribution in [0.2, 0.25) is 10.0 Å². The van der Waals surface area contributed by atoms with E-state index in [-0.39, 0.29) is 15.7 Å². The molecule has 110 valence electrons. The van der Waals surface area contributed by atoms with E-state index in [0.29, 0.717) is 4.47 Å². The van der Waals surface area contributed by atoms with Crippen molar-refractivity contribution in [3.8, 4) is 0 Å². The summed E-state index contributed by atoms with van der Waals surface area (Å²) < 4.78 is 15.0. The second-order valence-corrected chi connectivity index (χ2v) is 5.64. The molecule has 0 aliphatic heterocycles. The fourth-order valence-corrected chi connectivity index (χ4v) is 2.08. The molecule has 0 aliphatic rings. The Bertz CT molecular complexity index is 767. The van der Waals surface area contributed by atoms with Gasteiger partial charge in [0.2, 0.25) is 5.91 Å². The molecule has 0 saturated carbocycles. The number of carbonyl (C=O) groups is 1. The number of hydrogen-bond donors (Lipinski definition) is 1. The molecule has 0 radical (unpaired) electrons. The van der Waals surface area contributed by atoms with Crippen LogP contribution in [0.25, 0.3) is 0 Å². The van der Waals surface area contributed by atoms with Gasteiger partial charge in [-0.05, 0) is 18.2 Å². The van der Waals surface area contributed by atoms with E-state index in [0.717, 1.165) is 10.9 Å². The number of anilines is 1. The Morgan fingerprint density at radius 1 is 1.43 bits per heavy atom. The van der Waals surface area contributed by atoms with E-state index < -0.39 is 23.8 Å². The van der Waals surface area contributed by atoms with Gasteiger partial charge >= 0.3 is 0 Å². The zero-order valence-electron chi connectivity index (χ0n) is 10.2. The predicted molar refractivity (Wildman–Crippen MR) is 81.2 cm³/mol. The summed E-state index contributed by atoms with van der Waals surface area (Å²) in [6.45, 7) is -0.411. The third-order valence-corrected chi connectivity index (χ3v) is 3.68. The van der Waals surface area contributed by atoms with Gasteiger partial charge in [-0.15, -0.1) is 0 Å². The van der Waals surface area contributed by atoms with Gasteiger partial charge in [0.15, 0.2) is 0 Å². The van der Waals surface area contributed by atoms with Gasteiger partial charge in [0, 0.05) is 4.47 Å². The van der Waals surface area contributed by atoms with Crippen LogP contribution < -0.4 is 10.9 Å². The molecule has 0 unspecified atom stereocenters. The number of halogens is 4. The first-order chi connectivity index (χ1) is 9.88. The number of amides is 1. The lowest BCUT2D eigenvalue weighted by atomic mass is 10.3. The number of hydrogen-bond acceptors (Lipinski definition) is 3. The summed E-state index contributed by atoms with van der Waals surface area (Å²) in [6.07, 6.45) is 1.15. The van der Waals surface area contributed by atoms with Crippen LogP contribution in [0.3, 0.4) is 0 Å². The average Bonchev–Trinajstić information content (AvgIpc) is 2.43. The monoisotopic (exact) mass is 393 g/mol. The van der Waals surface area contributed by atoms with Crippen molar-refractivity contribution in [2.24, 2.45) is 0 Å².